The van der Waals surface area contributed by atoms with Crippen LogP contribution in [0.2, 0.25) is 0 Å². The molecule has 3 N–H and O–H groups in total. The molecular formula is C10H17N5O2. The van der Waals surface area contributed by atoms with Crippen LogP contribution < -0.4 is 16.2 Å². The Morgan fingerprint density at radius 3 is 2.88 bits per heavy atom. The van der Waals surface area contributed by atoms with E-state index in [1.807, 2.05) is 6.07 Å². The maximum atomic E-state index is 5.39. The molecule has 0 amide bonds. The van der Waals surface area contributed by atoms with Crippen LogP contribution in [-0.4, -0.2) is 43.4 Å². The number of nitrogens with zero attached hydrogens (tertiary/aromatic N) is 3. The van der Waals surface area contributed by atoms with Crippen LogP contribution in [0.4, 0.5) is 11.6 Å². The molecule has 17 heavy (non-hydrogen) atoms. The van der Waals surface area contributed by atoms with Gasteiger partial charge in [0.15, 0.2) is 5.82 Å². The van der Waals surface area contributed by atoms with E-state index in [2.05, 4.69) is 20.3 Å². The first kappa shape index (κ1) is 12.0. The molecule has 0 bridgehead atoms. The molecule has 0 saturated carbocycles. The molecule has 1 aliphatic heterocycles. The Labute approximate surface area is 99.9 Å². The maximum absolute atomic E-state index is 5.39. The Morgan fingerprint density at radius 2 is 2.24 bits per heavy atom. The van der Waals surface area contributed by atoms with E-state index in [4.69, 9.17) is 15.3 Å². The minimum Gasteiger partial charge on any atom is -0.378 e. The molecule has 0 radical (unpaired) electrons. The van der Waals surface area contributed by atoms with E-state index < -0.39 is 0 Å². The smallest absolute Gasteiger partial charge is 0.158 e. The van der Waals surface area contributed by atoms with Crippen molar-refractivity contribution in [2.75, 3.05) is 43.7 Å². The summed E-state index contributed by atoms with van der Waals surface area (Å²) in [5, 5.41) is 0. The summed E-state index contributed by atoms with van der Waals surface area (Å²) in [6, 6.07) is 1.82. The van der Waals surface area contributed by atoms with Crippen LogP contribution in [0.5, 0.6) is 0 Å². The second-order valence-corrected chi connectivity index (χ2v) is 3.70. The van der Waals surface area contributed by atoms with Gasteiger partial charge in [-0.15, -0.1) is 0 Å². The second kappa shape index (κ2) is 5.76. The highest BCUT2D eigenvalue weighted by molar-refractivity contribution is 5.49. The molecule has 0 atom stereocenters. The van der Waals surface area contributed by atoms with Crippen molar-refractivity contribution in [2.45, 2.75) is 6.61 Å². The van der Waals surface area contributed by atoms with Crippen molar-refractivity contribution in [2.24, 2.45) is 5.84 Å². The van der Waals surface area contributed by atoms with Crippen molar-refractivity contribution in [3.8, 4) is 0 Å². The van der Waals surface area contributed by atoms with Gasteiger partial charge in [-0.05, 0) is 0 Å². The van der Waals surface area contributed by atoms with E-state index >= 15 is 0 Å². The fourth-order valence-electron chi connectivity index (χ4n) is 1.71. The van der Waals surface area contributed by atoms with Crippen LogP contribution in [0, 0.1) is 0 Å². The molecule has 1 fully saturated rings. The second-order valence-electron chi connectivity index (χ2n) is 3.70. The zero-order valence-corrected chi connectivity index (χ0v) is 9.85. The van der Waals surface area contributed by atoms with Crippen LogP contribution >= 0.6 is 0 Å². The van der Waals surface area contributed by atoms with Crippen LogP contribution in [-0.2, 0) is 16.1 Å². The molecule has 1 aromatic rings. The number of nitrogen functional groups attached to an aromatic ring is 1. The minimum absolute atomic E-state index is 0.368. The molecule has 7 heteroatoms. The molecule has 0 aromatic carbocycles. The number of methoxy groups -OCH3 is 1. The predicted molar refractivity (Wildman–Crippen MR) is 63.6 cm³/mol. The molecule has 7 nitrogen and oxygen atoms in total. The summed E-state index contributed by atoms with van der Waals surface area (Å²) < 4.78 is 10.3. The maximum Gasteiger partial charge on any atom is 0.158 e. The monoisotopic (exact) mass is 239 g/mol. The summed E-state index contributed by atoms with van der Waals surface area (Å²) in [7, 11) is 1.61. The number of hydrogen-bond donors (Lipinski definition) is 2. The van der Waals surface area contributed by atoms with Crippen molar-refractivity contribution in [1.29, 1.82) is 0 Å². The number of hydrogen-bond acceptors (Lipinski definition) is 7. The van der Waals surface area contributed by atoms with Gasteiger partial charge in [0, 0.05) is 26.3 Å². The van der Waals surface area contributed by atoms with Crippen LogP contribution in [0.25, 0.3) is 0 Å². The zero-order valence-electron chi connectivity index (χ0n) is 9.85. The lowest BCUT2D eigenvalue weighted by Crippen LogP contribution is -2.37. The lowest BCUT2D eigenvalue weighted by Gasteiger charge is -2.28. The van der Waals surface area contributed by atoms with E-state index in [0.29, 0.717) is 18.2 Å². The molecule has 1 aromatic heterocycles. The van der Waals surface area contributed by atoms with Crippen LogP contribution in [0.15, 0.2) is 6.07 Å². The minimum atomic E-state index is 0.368. The molecule has 94 valence electrons. The van der Waals surface area contributed by atoms with Crippen molar-refractivity contribution in [3.63, 3.8) is 0 Å². The summed E-state index contributed by atoms with van der Waals surface area (Å²) in [6.07, 6.45) is 0. The normalized spacial score (nSPS) is 16.0. The number of rotatable bonds is 4. The molecule has 1 saturated heterocycles. The lowest BCUT2D eigenvalue weighted by molar-refractivity contribution is 0.122. The standard InChI is InChI=1S/C10H17N5O2/c1-16-7-9-12-8(14-11)6-10(13-9)15-2-4-17-5-3-15/h6H,2-5,7,11H2,1H3,(H,12,13,14). The predicted octanol–water partition coefficient (Wildman–Crippen LogP) is -0.255. The fourth-order valence-corrected chi connectivity index (χ4v) is 1.71. The number of anilines is 2. The Hall–Kier alpha value is -1.44. The topological polar surface area (TPSA) is 85.5 Å². The number of aromatic nitrogens is 2. The summed E-state index contributed by atoms with van der Waals surface area (Å²) in [5.74, 6) is 7.45. The van der Waals surface area contributed by atoms with Gasteiger partial charge in [0.1, 0.15) is 18.2 Å². The molecule has 0 spiro atoms. The van der Waals surface area contributed by atoms with E-state index in [-0.39, 0.29) is 0 Å². The first-order valence-electron chi connectivity index (χ1n) is 5.49. The lowest BCUT2D eigenvalue weighted by atomic mass is 10.4. The van der Waals surface area contributed by atoms with Gasteiger partial charge in [0.05, 0.1) is 13.2 Å². The highest BCUT2D eigenvalue weighted by Gasteiger charge is 2.14. The number of ether oxygens (including phenoxy) is 2. The third kappa shape index (κ3) is 3.02. The third-order valence-corrected chi connectivity index (χ3v) is 2.52. The highest BCUT2D eigenvalue weighted by Crippen LogP contribution is 2.16. The van der Waals surface area contributed by atoms with Gasteiger partial charge in [-0.25, -0.2) is 15.8 Å². The molecule has 0 unspecified atom stereocenters. The van der Waals surface area contributed by atoms with Crippen LogP contribution in [0.3, 0.4) is 0 Å². The van der Waals surface area contributed by atoms with Gasteiger partial charge >= 0.3 is 0 Å². The van der Waals surface area contributed by atoms with E-state index in [9.17, 15) is 0 Å². The van der Waals surface area contributed by atoms with Crippen molar-refractivity contribution in [1.82, 2.24) is 9.97 Å². The van der Waals surface area contributed by atoms with Crippen molar-refractivity contribution in [3.05, 3.63) is 11.9 Å². The zero-order chi connectivity index (χ0) is 12.1. The van der Waals surface area contributed by atoms with Gasteiger partial charge in [-0.1, -0.05) is 0 Å². The summed E-state index contributed by atoms with van der Waals surface area (Å²) in [5.41, 5.74) is 2.54. The Balaban J connectivity index is 2.21. The summed E-state index contributed by atoms with van der Waals surface area (Å²) >= 11 is 0. The summed E-state index contributed by atoms with van der Waals surface area (Å²) in [6.45, 7) is 3.46. The summed E-state index contributed by atoms with van der Waals surface area (Å²) in [4.78, 5) is 10.8. The largest absolute Gasteiger partial charge is 0.378 e. The van der Waals surface area contributed by atoms with E-state index in [1.54, 1.807) is 7.11 Å². The van der Waals surface area contributed by atoms with Gasteiger partial charge in [-0.3, -0.25) is 0 Å². The molecule has 2 rings (SSSR count). The van der Waals surface area contributed by atoms with Crippen molar-refractivity contribution >= 4 is 11.6 Å². The Morgan fingerprint density at radius 1 is 1.47 bits per heavy atom. The van der Waals surface area contributed by atoms with Crippen LogP contribution in [0.1, 0.15) is 5.82 Å². The van der Waals surface area contributed by atoms with E-state index in [1.165, 1.54) is 0 Å². The number of nitrogens with one attached hydrogen (secondary N) is 1. The first-order valence-corrected chi connectivity index (χ1v) is 5.49. The molecule has 1 aliphatic rings. The molecular weight excluding hydrogens is 222 g/mol. The fraction of sp³-hybridized carbons (Fsp3) is 0.600. The number of hydrazine groups is 1. The van der Waals surface area contributed by atoms with Crippen molar-refractivity contribution < 1.29 is 9.47 Å². The highest BCUT2D eigenvalue weighted by atomic mass is 16.5. The third-order valence-electron chi connectivity index (χ3n) is 2.52. The Bertz CT molecular complexity index is 368. The van der Waals surface area contributed by atoms with Gasteiger partial charge in [-0.2, -0.15) is 0 Å². The number of nitrogens with two attached hydrogens (primary N) is 1. The first-order chi connectivity index (χ1) is 8.33. The average molecular weight is 239 g/mol. The Kier molecular flexibility index (Phi) is 4.08. The quantitative estimate of drug-likeness (QED) is 0.553. The molecule has 2 heterocycles. The van der Waals surface area contributed by atoms with Gasteiger partial charge in [0.2, 0.25) is 0 Å². The molecule has 0 aliphatic carbocycles. The van der Waals surface area contributed by atoms with E-state index in [0.717, 1.165) is 32.1 Å². The SMILES string of the molecule is COCc1nc(NN)cc(N2CCOCC2)n1. The van der Waals surface area contributed by atoms with Gasteiger partial charge in [0.25, 0.3) is 0 Å². The average Bonchev–Trinajstić information content (AvgIpc) is 2.40. The van der Waals surface area contributed by atoms with Gasteiger partial charge < -0.3 is 19.8 Å². The number of morpholine rings is 1.